The topological polar surface area (TPSA) is 13.1 Å². The number of rotatable bonds is 0. The van der Waals surface area contributed by atoms with Crippen molar-refractivity contribution in [2.75, 3.05) is 0 Å². The summed E-state index contributed by atoms with van der Waals surface area (Å²) < 4.78 is 7.71. The Hall–Kier alpha value is -1.83. The molecule has 1 aromatic carbocycles. The van der Waals surface area contributed by atoms with Crippen LogP contribution in [0.3, 0.4) is 0 Å². The first-order valence-electron chi connectivity index (χ1n) is 6.66. The Labute approximate surface area is 110 Å². The van der Waals surface area contributed by atoms with Gasteiger partial charge in [-0.15, -0.1) is 0 Å². The van der Waals surface area contributed by atoms with Crippen molar-refractivity contribution in [2.24, 2.45) is 0 Å². The zero-order chi connectivity index (χ0) is 13.4. The second-order valence-corrected chi connectivity index (χ2v) is 3.33. The van der Waals surface area contributed by atoms with E-state index in [9.17, 15) is 0 Å². The Morgan fingerprint density at radius 1 is 0.889 bits per heavy atom. The van der Waals surface area contributed by atoms with E-state index in [4.69, 9.17) is 4.74 Å². The molecule has 0 amide bonds. The van der Waals surface area contributed by atoms with Gasteiger partial charge in [0.2, 0.25) is 5.69 Å². The summed E-state index contributed by atoms with van der Waals surface area (Å²) in [5.74, 6) is 0.971. The van der Waals surface area contributed by atoms with Crippen molar-refractivity contribution in [3.8, 4) is 17.0 Å². The van der Waals surface area contributed by atoms with Crippen molar-refractivity contribution >= 4 is 0 Å². The fraction of sp³-hybridized carbons (Fsp3) is 0.312. The molecule has 0 spiro atoms. The van der Waals surface area contributed by atoms with Crippen molar-refractivity contribution in [1.82, 2.24) is 0 Å². The van der Waals surface area contributed by atoms with Crippen LogP contribution in [0.4, 0.5) is 0 Å². The molecule has 0 radical (unpaired) electrons. The molecule has 0 bridgehead atoms. The van der Waals surface area contributed by atoms with Gasteiger partial charge in [0.15, 0.2) is 6.20 Å². The SMILES string of the molecule is CC.CC.c1ccc2c(c1)OC[n+]1ccccc1-2. The van der Waals surface area contributed by atoms with Gasteiger partial charge in [-0.3, -0.25) is 0 Å². The normalized spacial score (nSPS) is 10.4. The van der Waals surface area contributed by atoms with Crippen molar-refractivity contribution in [2.45, 2.75) is 34.4 Å². The third-order valence-electron chi connectivity index (χ3n) is 2.46. The van der Waals surface area contributed by atoms with Crippen LogP contribution in [0.15, 0.2) is 48.7 Å². The summed E-state index contributed by atoms with van der Waals surface area (Å²) in [5.41, 5.74) is 2.38. The highest BCUT2D eigenvalue weighted by atomic mass is 16.5. The molecule has 0 unspecified atom stereocenters. The molecule has 0 aliphatic carbocycles. The maximum Gasteiger partial charge on any atom is 0.292 e. The van der Waals surface area contributed by atoms with Crippen LogP contribution in [0.1, 0.15) is 27.7 Å². The Kier molecular flexibility index (Phi) is 5.92. The first kappa shape index (κ1) is 14.2. The van der Waals surface area contributed by atoms with E-state index >= 15 is 0 Å². The molecular formula is C16H22NO+. The van der Waals surface area contributed by atoms with Crippen LogP contribution in [-0.4, -0.2) is 0 Å². The van der Waals surface area contributed by atoms with Crippen molar-refractivity contribution < 1.29 is 9.30 Å². The molecule has 3 rings (SSSR count). The van der Waals surface area contributed by atoms with Crippen LogP contribution in [0.5, 0.6) is 5.75 Å². The van der Waals surface area contributed by atoms with E-state index in [1.807, 2.05) is 64.2 Å². The number of benzene rings is 1. The number of para-hydroxylation sites is 1. The van der Waals surface area contributed by atoms with Gasteiger partial charge in [-0.05, 0) is 18.2 Å². The average Bonchev–Trinajstić information content (AvgIpc) is 2.51. The maximum absolute atomic E-state index is 5.61. The number of hydrogen-bond donors (Lipinski definition) is 0. The number of ether oxygens (including phenoxy) is 1. The quantitative estimate of drug-likeness (QED) is 0.637. The van der Waals surface area contributed by atoms with E-state index in [2.05, 4.69) is 16.7 Å². The van der Waals surface area contributed by atoms with E-state index in [0.717, 1.165) is 5.75 Å². The lowest BCUT2D eigenvalue weighted by Crippen LogP contribution is -2.41. The minimum atomic E-state index is 0.604. The molecule has 1 aliphatic rings. The third kappa shape index (κ3) is 2.89. The maximum atomic E-state index is 5.61. The minimum absolute atomic E-state index is 0.604. The molecule has 0 saturated heterocycles. The zero-order valence-corrected chi connectivity index (χ0v) is 11.7. The molecular weight excluding hydrogens is 222 g/mol. The van der Waals surface area contributed by atoms with E-state index < -0.39 is 0 Å². The van der Waals surface area contributed by atoms with Crippen LogP contribution in [0.2, 0.25) is 0 Å². The third-order valence-corrected chi connectivity index (χ3v) is 2.46. The molecule has 2 heteroatoms. The van der Waals surface area contributed by atoms with E-state index in [1.165, 1.54) is 11.3 Å². The van der Waals surface area contributed by atoms with Crippen LogP contribution in [-0.2, 0) is 6.73 Å². The van der Waals surface area contributed by atoms with Gasteiger partial charge in [0.1, 0.15) is 5.75 Å². The Balaban J connectivity index is 0.000000371. The fourth-order valence-electron chi connectivity index (χ4n) is 1.78. The lowest BCUT2D eigenvalue weighted by Gasteiger charge is -2.14. The lowest BCUT2D eigenvalue weighted by atomic mass is 10.1. The van der Waals surface area contributed by atoms with Crippen LogP contribution >= 0.6 is 0 Å². The zero-order valence-electron chi connectivity index (χ0n) is 11.7. The summed E-state index contributed by atoms with van der Waals surface area (Å²) in [7, 11) is 0. The summed E-state index contributed by atoms with van der Waals surface area (Å²) in [5, 5.41) is 0. The monoisotopic (exact) mass is 244 g/mol. The molecule has 0 saturated carbocycles. The van der Waals surface area contributed by atoms with Gasteiger partial charge in [0.25, 0.3) is 6.73 Å². The molecule has 2 aromatic rings. The van der Waals surface area contributed by atoms with E-state index in [1.54, 1.807) is 0 Å². The summed E-state index contributed by atoms with van der Waals surface area (Å²) >= 11 is 0. The minimum Gasteiger partial charge on any atom is -0.435 e. The Morgan fingerprint density at radius 2 is 1.56 bits per heavy atom. The summed E-state index contributed by atoms with van der Waals surface area (Å²) in [6.45, 7) is 8.60. The number of nitrogens with zero attached hydrogens (tertiary/aromatic N) is 1. The van der Waals surface area contributed by atoms with E-state index in [-0.39, 0.29) is 0 Å². The molecule has 0 N–H and O–H groups in total. The summed E-state index contributed by atoms with van der Waals surface area (Å²) in [6.07, 6.45) is 2.03. The highest BCUT2D eigenvalue weighted by Gasteiger charge is 2.21. The largest absolute Gasteiger partial charge is 0.435 e. The second kappa shape index (κ2) is 7.49. The summed E-state index contributed by atoms with van der Waals surface area (Å²) in [4.78, 5) is 0. The smallest absolute Gasteiger partial charge is 0.292 e. The highest BCUT2D eigenvalue weighted by molar-refractivity contribution is 5.65. The first-order valence-corrected chi connectivity index (χ1v) is 6.66. The van der Waals surface area contributed by atoms with Gasteiger partial charge in [0.05, 0.1) is 5.56 Å². The molecule has 2 heterocycles. The second-order valence-electron chi connectivity index (χ2n) is 3.33. The molecule has 18 heavy (non-hydrogen) atoms. The van der Waals surface area contributed by atoms with Crippen LogP contribution in [0, 0.1) is 0 Å². The van der Waals surface area contributed by atoms with Gasteiger partial charge in [-0.25, -0.2) is 0 Å². The van der Waals surface area contributed by atoms with Gasteiger partial charge in [-0.2, -0.15) is 4.57 Å². The van der Waals surface area contributed by atoms with Crippen molar-refractivity contribution in [1.29, 1.82) is 0 Å². The van der Waals surface area contributed by atoms with Crippen LogP contribution in [0.25, 0.3) is 11.3 Å². The molecule has 96 valence electrons. The molecule has 1 aliphatic heterocycles. The Bertz CT molecular complexity index is 435. The number of pyridine rings is 1. The summed E-state index contributed by atoms with van der Waals surface area (Å²) in [6, 6.07) is 14.3. The van der Waals surface area contributed by atoms with Crippen LogP contribution < -0.4 is 9.30 Å². The molecule has 0 atom stereocenters. The lowest BCUT2D eigenvalue weighted by molar-refractivity contribution is -0.717. The fourth-order valence-corrected chi connectivity index (χ4v) is 1.78. The molecule has 1 aromatic heterocycles. The Morgan fingerprint density at radius 3 is 2.33 bits per heavy atom. The predicted molar refractivity (Wildman–Crippen MR) is 75.4 cm³/mol. The van der Waals surface area contributed by atoms with Gasteiger partial charge >= 0.3 is 0 Å². The number of aromatic nitrogens is 1. The van der Waals surface area contributed by atoms with Crippen molar-refractivity contribution in [3.63, 3.8) is 0 Å². The number of fused-ring (bicyclic) bond motifs is 3. The molecule has 0 fully saturated rings. The highest BCUT2D eigenvalue weighted by Crippen LogP contribution is 2.29. The number of hydrogen-bond acceptors (Lipinski definition) is 1. The van der Waals surface area contributed by atoms with E-state index in [0.29, 0.717) is 6.73 Å². The van der Waals surface area contributed by atoms with Crippen molar-refractivity contribution in [3.05, 3.63) is 48.7 Å². The van der Waals surface area contributed by atoms with Gasteiger partial charge in [0, 0.05) is 12.1 Å². The van der Waals surface area contributed by atoms with Gasteiger partial charge in [-0.1, -0.05) is 39.8 Å². The predicted octanol–water partition coefficient (Wildman–Crippen LogP) is 4.04. The average molecular weight is 244 g/mol. The standard InChI is InChI=1S/C12H10NO.2C2H6/c1-2-7-12-10(5-1)11-6-3-4-8-13(11)9-14-12;2*1-2/h1-8H,9H2;2*1-2H3/q+1;;. The first-order chi connectivity index (χ1) is 8.95. The molecule has 2 nitrogen and oxygen atoms in total. The van der Waals surface area contributed by atoms with Gasteiger partial charge < -0.3 is 4.74 Å².